The van der Waals surface area contributed by atoms with E-state index in [0.717, 1.165) is 36.1 Å². The maximum absolute atomic E-state index is 12.9. The van der Waals surface area contributed by atoms with E-state index in [4.69, 9.17) is 4.74 Å². The van der Waals surface area contributed by atoms with Gasteiger partial charge in [-0.1, -0.05) is 0 Å². The van der Waals surface area contributed by atoms with Crippen molar-refractivity contribution < 1.29 is 9.53 Å². The molecule has 132 valence electrons. The highest BCUT2D eigenvalue weighted by atomic mass is 16.5. The molecule has 1 fully saturated rings. The molecule has 7 heteroatoms. The SMILES string of the molecule is Cc1ccc(OC2CCCN(C(=O)c3ccc4nccnc4c3)C2)nn1. The summed E-state index contributed by atoms with van der Waals surface area (Å²) in [4.78, 5) is 23.2. The number of hydrogen-bond acceptors (Lipinski definition) is 6. The van der Waals surface area contributed by atoms with Crippen molar-refractivity contribution in [3.05, 3.63) is 54.0 Å². The number of likely N-dealkylation sites (tertiary alicyclic amines) is 1. The molecular formula is C19H19N5O2. The fourth-order valence-electron chi connectivity index (χ4n) is 3.12. The van der Waals surface area contributed by atoms with Gasteiger partial charge in [-0.25, -0.2) is 0 Å². The Kier molecular flexibility index (Phi) is 4.43. The Bertz CT molecular complexity index is 929. The summed E-state index contributed by atoms with van der Waals surface area (Å²) in [6, 6.07) is 9.10. The van der Waals surface area contributed by atoms with E-state index >= 15 is 0 Å². The molecule has 0 aliphatic carbocycles. The second kappa shape index (κ2) is 7.03. The molecule has 1 aromatic carbocycles. The maximum atomic E-state index is 12.9. The number of nitrogens with zero attached hydrogens (tertiary/aromatic N) is 5. The van der Waals surface area contributed by atoms with Crippen molar-refractivity contribution in [3.63, 3.8) is 0 Å². The second-order valence-corrected chi connectivity index (χ2v) is 6.41. The van der Waals surface area contributed by atoms with Crippen LogP contribution in [0.1, 0.15) is 28.9 Å². The van der Waals surface area contributed by atoms with Crippen LogP contribution < -0.4 is 4.74 Å². The Morgan fingerprint density at radius 1 is 1.12 bits per heavy atom. The summed E-state index contributed by atoms with van der Waals surface area (Å²) in [5.74, 6) is 0.483. The Labute approximate surface area is 151 Å². The molecule has 7 nitrogen and oxygen atoms in total. The monoisotopic (exact) mass is 349 g/mol. The summed E-state index contributed by atoms with van der Waals surface area (Å²) in [7, 11) is 0. The molecule has 0 spiro atoms. The highest BCUT2D eigenvalue weighted by Crippen LogP contribution is 2.19. The average molecular weight is 349 g/mol. The van der Waals surface area contributed by atoms with Crippen LogP contribution in [0.15, 0.2) is 42.7 Å². The minimum atomic E-state index is -0.0787. The summed E-state index contributed by atoms with van der Waals surface area (Å²) >= 11 is 0. The van der Waals surface area contributed by atoms with Gasteiger partial charge in [-0.3, -0.25) is 14.8 Å². The van der Waals surface area contributed by atoms with Gasteiger partial charge in [0.25, 0.3) is 5.91 Å². The summed E-state index contributed by atoms with van der Waals surface area (Å²) < 4.78 is 5.91. The number of aryl methyl sites for hydroxylation is 1. The van der Waals surface area contributed by atoms with E-state index in [1.54, 1.807) is 24.5 Å². The van der Waals surface area contributed by atoms with Gasteiger partial charge in [0.05, 0.1) is 23.3 Å². The predicted molar refractivity (Wildman–Crippen MR) is 95.9 cm³/mol. The van der Waals surface area contributed by atoms with E-state index in [1.807, 2.05) is 30.0 Å². The molecule has 0 N–H and O–H groups in total. The Balaban J connectivity index is 1.47. The van der Waals surface area contributed by atoms with Crippen LogP contribution in [0.4, 0.5) is 0 Å². The molecule has 0 radical (unpaired) electrons. The standard InChI is InChI=1S/C19H19N5O2/c1-13-4-7-18(23-22-13)26-15-3-2-10-24(12-15)19(25)14-5-6-16-17(11-14)21-9-8-20-16/h4-9,11,15H,2-3,10,12H2,1H3. The zero-order chi connectivity index (χ0) is 17.9. The number of hydrogen-bond donors (Lipinski definition) is 0. The van der Waals surface area contributed by atoms with Gasteiger partial charge in [-0.15, -0.1) is 5.10 Å². The predicted octanol–water partition coefficient (Wildman–Crippen LogP) is 2.41. The van der Waals surface area contributed by atoms with Crippen LogP contribution in [0.3, 0.4) is 0 Å². The number of aromatic nitrogens is 4. The fraction of sp³-hybridized carbons (Fsp3) is 0.316. The summed E-state index contributed by atoms with van der Waals surface area (Å²) in [6.45, 7) is 3.13. The van der Waals surface area contributed by atoms with Crippen molar-refractivity contribution in [2.45, 2.75) is 25.9 Å². The van der Waals surface area contributed by atoms with Gasteiger partial charge < -0.3 is 9.64 Å². The molecule has 3 aromatic rings. The van der Waals surface area contributed by atoms with Crippen molar-refractivity contribution >= 4 is 16.9 Å². The van der Waals surface area contributed by atoms with Crippen LogP contribution in [0.5, 0.6) is 5.88 Å². The van der Waals surface area contributed by atoms with Crippen LogP contribution in [0, 0.1) is 6.92 Å². The van der Waals surface area contributed by atoms with E-state index in [-0.39, 0.29) is 12.0 Å². The van der Waals surface area contributed by atoms with E-state index in [9.17, 15) is 4.79 Å². The molecule has 0 bridgehead atoms. The summed E-state index contributed by atoms with van der Waals surface area (Å²) in [6.07, 6.45) is 4.98. The Morgan fingerprint density at radius 2 is 1.96 bits per heavy atom. The highest BCUT2D eigenvalue weighted by molar-refractivity contribution is 5.97. The van der Waals surface area contributed by atoms with E-state index in [0.29, 0.717) is 18.0 Å². The Morgan fingerprint density at radius 3 is 2.77 bits per heavy atom. The quantitative estimate of drug-likeness (QED) is 0.722. The first-order valence-electron chi connectivity index (χ1n) is 8.66. The van der Waals surface area contributed by atoms with Crippen LogP contribution in [0.25, 0.3) is 11.0 Å². The smallest absolute Gasteiger partial charge is 0.254 e. The lowest BCUT2D eigenvalue weighted by Crippen LogP contribution is -2.44. The van der Waals surface area contributed by atoms with Crippen LogP contribution in [0.2, 0.25) is 0 Å². The van der Waals surface area contributed by atoms with Gasteiger partial charge in [0.1, 0.15) is 6.10 Å². The number of piperidine rings is 1. The second-order valence-electron chi connectivity index (χ2n) is 6.41. The topological polar surface area (TPSA) is 81.1 Å². The highest BCUT2D eigenvalue weighted by Gasteiger charge is 2.26. The normalized spacial score (nSPS) is 17.3. The van der Waals surface area contributed by atoms with Gasteiger partial charge in [-0.05, 0) is 44.0 Å². The fourth-order valence-corrected chi connectivity index (χ4v) is 3.12. The van der Waals surface area contributed by atoms with Gasteiger partial charge in [0, 0.05) is 30.6 Å². The Hall–Kier alpha value is -3.09. The largest absolute Gasteiger partial charge is 0.471 e. The number of amides is 1. The van der Waals surface area contributed by atoms with Crippen molar-refractivity contribution in [1.82, 2.24) is 25.1 Å². The molecule has 26 heavy (non-hydrogen) atoms. The zero-order valence-corrected chi connectivity index (χ0v) is 14.5. The molecule has 4 rings (SSSR count). The lowest BCUT2D eigenvalue weighted by molar-refractivity contribution is 0.0525. The first kappa shape index (κ1) is 16.4. The van der Waals surface area contributed by atoms with E-state index < -0.39 is 0 Å². The van der Waals surface area contributed by atoms with Crippen LogP contribution >= 0.6 is 0 Å². The maximum Gasteiger partial charge on any atom is 0.254 e. The molecule has 2 aromatic heterocycles. The van der Waals surface area contributed by atoms with Crippen LogP contribution in [-0.2, 0) is 0 Å². The third-order valence-electron chi connectivity index (χ3n) is 4.44. The third kappa shape index (κ3) is 3.46. The molecule has 1 amide bonds. The van der Waals surface area contributed by atoms with Crippen molar-refractivity contribution in [1.29, 1.82) is 0 Å². The van der Waals surface area contributed by atoms with Gasteiger partial charge in [-0.2, -0.15) is 5.10 Å². The molecule has 1 aliphatic rings. The molecule has 1 atom stereocenters. The first-order valence-corrected chi connectivity index (χ1v) is 8.66. The van der Waals surface area contributed by atoms with Crippen molar-refractivity contribution in [2.24, 2.45) is 0 Å². The zero-order valence-electron chi connectivity index (χ0n) is 14.5. The van der Waals surface area contributed by atoms with Gasteiger partial charge in [0.15, 0.2) is 0 Å². The van der Waals surface area contributed by atoms with Crippen LogP contribution in [-0.4, -0.2) is 50.2 Å². The minimum absolute atomic E-state index is 0.0131. The molecule has 1 saturated heterocycles. The van der Waals surface area contributed by atoms with Gasteiger partial charge in [0.2, 0.25) is 5.88 Å². The van der Waals surface area contributed by atoms with Gasteiger partial charge >= 0.3 is 0 Å². The number of rotatable bonds is 3. The molecule has 3 heterocycles. The number of benzene rings is 1. The molecule has 1 unspecified atom stereocenters. The summed E-state index contributed by atoms with van der Waals surface area (Å²) in [5.41, 5.74) is 2.96. The third-order valence-corrected chi connectivity index (χ3v) is 4.44. The average Bonchev–Trinajstić information content (AvgIpc) is 2.69. The lowest BCUT2D eigenvalue weighted by atomic mass is 10.1. The number of carbonyl (C=O) groups is 1. The number of fused-ring (bicyclic) bond motifs is 1. The number of ether oxygens (including phenoxy) is 1. The molecule has 0 saturated carbocycles. The van der Waals surface area contributed by atoms with Crippen molar-refractivity contribution in [3.8, 4) is 5.88 Å². The molecular weight excluding hydrogens is 330 g/mol. The number of carbonyl (C=O) groups excluding carboxylic acids is 1. The van der Waals surface area contributed by atoms with E-state index in [1.165, 1.54) is 0 Å². The summed E-state index contributed by atoms with van der Waals surface area (Å²) in [5, 5.41) is 8.05. The van der Waals surface area contributed by atoms with Crippen molar-refractivity contribution in [2.75, 3.05) is 13.1 Å². The molecule has 1 aliphatic heterocycles. The lowest BCUT2D eigenvalue weighted by Gasteiger charge is -2.32. The van der Waals surface area contributed by atoms with E-state index in [2.05, 4.69) is 20.2 Å². The first-order chi connectivity index (χ1) is 12.7. The minimum Gasteiger partial charge on any atom is -0.471 e.